The summed E-state index contributed by atoms with van der Waals surface area (Å²) in [7, 11) is 0. The van der Waals surface area contributed by atoms with Crippen molar-refractivity contribution in [2.75, 3.05) is 0 Å². The summed E-state index contributed by atoms with van der Waals surface area (Å²) in [4.78, 5) is 0. The Kier molecular flexibility index (Phi) is 14.8. The minimum absolute atomic E-state index is 0. The molecule has 8 heavy (non-hydrogen) atoms. The molecule has 0 saturated carbocycles. The monoisotopic (exact) mass is 165 g/mol. The first-order valence-electron chi connectivity index (χ1n) is 2.34. The molecule has 0 spiro atoms. The van der Waals surface area contributed by atoms with E-state index in [1.54, 1.807) is 0 Å². The molecule has 0 aliphatic rings. The fraction of sp³-hybridized carbons (Fsp3) is 0.333. The standard InChI is InChI=1S/C6H9.ClH.Ti/c1-3-5-6-4-2;;/h3-6H,1H2,2H3;1H;. The van der Waals surface area contributed by atoms with Crippen molar-refractivity contribution in [1.29, 1.82) is 0 Å². The summed E-state index contributed by atoms with van der Waals surface area (Å²) in [5.41, 5.74) is 0. The molecule has 0 aromatic heterocycles. The van der Waals surface area contributed by atoms with E-state index in [9.17, 15) is 0 Å². The maximum atomic E-state index is 2.12. The number of hydrogen-bond acceptors (Lipinski definition) is 0. The molecule has 0 aliphatic carbocycles. The van der Waals surface area contributed by atoms with Gasteiger partial charge < -0.3 is 0 Å². The van der Waals surface area contributed by atoms with Gasteiger partial charge in [-0.2, -0.15) is 0 Å². The zero-order valence-corrected chi connectivity index (χ0v) is 7.30. The molecule has 0 atom stereocenters. The number of rotatable bonds is 2. The van der Waals surface area contributed by atoms with Crippen molar-refractivity contribution in [1.82, 2.24) is 0 Å². The molecule has 0 saturated heterocycles. The molecule has 0 radical (unpaired) electrons. The molecular formula is C6H10ClTi. The molecule has 0 aliphatic heterocycles. The van der Waals surface area contributed by atoms with E-state index in [-0.39, 0.29) is 12.4 Å². The van der Waals surface area contributed by atoms with Crippen LogP contribution in [0.25, 0.3) is 0 Å². The molecule has 0 heterocycles. The topological polar surface area (TPSA) is 0 Å². The van der Waals surface area contributed by atoms with Crippen molar-refractivity contribution in [2.45, 2.75) is 11.6 Å². The zero-order valence-electron chi connectivity index (χ0n) is 4.92. The van der Waals surface area contributed by atoms with Gasteiger partial charge in [-0.15, -0.1) is 12.4 Å². The van der Waals surface area contributed by atoms with Crippen LogP contribution in [0, 0.1) is 0 Å². The van der Waals surface area contributed by atoms with Crippen LogP contribution in [0.2, 0.25) is 4.73 Å². The van der Waals surface area contributed by atoms with Crippen molar-refractivity contribution < 1.29 is 20.4 Å². The Hall–Kier alpha value is 0.484. The van der Waals surface area contributed by atoms with Gasteiger partial charge in [-0.05, 0) is 0 Å². The van der Waals surface area contributed by atoms with Crippen LogP contribution in [0.4, 0.5) is 0 Å². The first kappa shape index (κ1) is 11.3. The number of halogens is 1. The van der Waals surface area contributed by atoms with Crippen LogP contribution in [-0.4, -0.2) is 0 Å². The number of allylic oxidation sites excluding steroid dienone is 4. The summed E-state index contributed by atoms with van der Waals surface area (Å²) in [6.07, 6.45) is 8.23. The zero-order chi connectivity index (χ0) is 5.54. The average molecular weight is 165 g/mol. The normalized spacial score (nSPS) is 10.0. The largest absolute Gasteiger partial charge is 0.147 e. The van der Waals surface area contributed by atoms with Gasteiger partial charge in [0.15, 0.2) is 0 Å². The minimum Gasteiger partial charge on any atom is -0.147 e. The van der Waals surface area contributed by atoms with Gasteiger partial charge in [-0.3, -0.25) is 0 Å². The quantitative estimate of drug-likeness (QED) is 0.436. The summed E-state index contributed by atoms with van der Waals surface area (Å²) >= 11 is 2.12. The molecule has 0 nitrogen and oxygen atoms in total. The fourth-order valence-electron chi connectivity index (χ4n) is 0.258. The predicted octanol–water partition coefficient (Wildman–Crippen LogP) is 2.51. The van der Waals surface area contributed by atoms with E-state index < -0.39 is 0 Å². The number of hydrogen-bond donors (Lipinski definition) is 0. The Bertz CT molecular complexity index is 76.6. The van der Waals surface area contributed by atoms with Gasteiger partial charge in [0.05, 0.1) is 0 Å². The molecule has 0 N–H and O–H groups in total. The summed E-state index contributed by atoms with van der Waals surface area (Å²) in [5, 5.41) is 0. The maximum absolute atomic E-state index is 2.12. The van der Waals surface area contributed by atoms with E-state index in [1.165, 1.54) is 0 Å². The molecule has 0 unspecified atom stereocenters. The maximum Gasteiger partial charge on any atom is -0.147 e. The Labute approximate surface area is 68.9 Å². The third-order valence-corrected chi connectivity index (χ3v) is 0.926. The van der Waals surface area contributed by atoms with Gasteiger partial charge in [0.25, 0.3) is 0 Å². The first-order chi connectivity index (χ1) is 3.41. The third kappa shape index (κ3) is 9.70. The molecular weight excluding hydrogens is 155 g/mol. The van der Waals surface area contributed by atoms with Gasteiger partial charge >= 0.3 is 56.4 Å². The summed E-state index contributed by atoms with van der Waals surface area (Å²) < 4.78 is 1.13. The van der Waals surface area contributed by atoms with E-state index in [4.69, 9.17) is 0 Å². The van der Waals surface area contributed by atoms with Crippen molar-refractivity contribution in [3.05, 3.63) is 24.3 Å². The minimum atomic E-state index is 0. The van der Waals surface area contributed by atoms with Crippen molar-refractivity contribution in [3.63, 3.8) is 0 Å². The Morgan fingerprint density at radius 2 is 2.00 bits per heavy atom. The van der Waals surface area contributed by atoms with Gasteiger partial charge in [-0.25, -0.2) is 0 Å². The van der Waals surface area contributed by atoms with Gasteiger partial charge in [0.2, 0.25) is 0 Å². The van der Waals surface area contributed by atoms with Crippen LogP contribution in [0.15, 0.2) is 24.3 Å². The summed E-state index contributed by atoms with van der Waals surface area (Å²) in [5.74, 6) is 0. The van der Waals surface area contributed by atoms with Crippen LogP contribution in [0.3, 0.4) is 0 Å². The van der Waals surface area contributed by atoms with Gasteiger partial charge in [-0.1, -0.05) is 0 Å². The van der Waals surface area contributed by atoms with E-state index in [2.05, 4.69) is 32.6 Å². The third-order valence-electron chi connectivity index (χ3n) is 0.557. The molecule has 0 amide bonds. The smallest absolute Gasteiger partial charge is 0.147 e. The van der Waals surface area contributed by atoms with Crippen LogP contribution in [-0.2, 0) is 20.4 Å². The average Bonchev–Trinajstić information content (AvgIpc) is 1.69. The second-order valence-electron chi connectivity index (χ2n) is 1.16. The van der Waals surface area contributed by atoms with Crippen LogP contribution in [0.5, 0.6) is 0 Å². The molecule has 0 rings (SSSR count). The molecule has 0 aromatic carbocycles. The Balaban J connectivity index is 0. The summed E-state index contributed by atoms with van der Waals surface area (Å²) in [6, 6.07) is 0. The molecule has 0 aromatic rings. The second kappa shape index (κ2) is 10.5. The van der Waals surface area contributed by atoms with Crippen molar-refractivity contribution in [2.24, 2.45) is 0 Å². The van der Waals surface area contributed by atoms with Crippen LogP contribution < -0.4 is 0 Å². The SMILES string of the molecule is CC=CC=C[CH2][Ti].Cl. The Morgan fingerprint density at radius 1 is 1.38 bits per heavy atom. The van der Waals surface area contributed by atoms with Crippen LogP contribution in [0.1, 0.15) is 6.92 Å². The van der Waals surface area contributed by atoms with Gasteiger partial charge in [0.1, 0.15) is 0 Å². The van der Waals surface area contributed by atoms with E-state index in [0.717, 1.165) is 4.73 Å². The van der Waals surface area contributed by atoms with Crippen molar-refractivity contribution >= 4 is 12.4 Å². The molecule has 0 bridgehead atoms. The summed E-state index contributed by atoms with van der Waals surface area (Å²) in [6.45, 7) is 2.01. The van der Waals surface area contributed by atoms with Gasteiger partial charge in [0, 0.05) is 0 Å². The van der Waals surface area contributed by atoms with E-state index in [0.29, 0.717) is 0 Å². The van der Waals surface area contributed by atoms with E-state index in [1.807, 2.05) is 19.1 Å². The molecule has 45 valence electrons. The molecule has 0 fully saturated rings. The fourth-order valence-corrected chi connectivity index (χ4v) is 0.470. The molecule has 2 heteroatoms. The second-order valence-corrected chi connectivity index (χ2v) is 1.80. The van der Waals surface area contributed by atoms with Crippen LogP contribution >= 0.6 is 12.4 Å². The first-order valence-corrected chi connectivity index (χ1v) is 3.44. The van der Waals surface area contributed by atoms with Crippen molar-refractivity contribution in [3.8, 4) is 0 Å². The van der Waals surface area contributed by atoms with E-state index >= 15 is 0 Å². The Morgan fingerprint density at radius 3 is 2.38 bits per heavy atom. The predicted molar refractivity (Wildman–Crippen MR) is 36.0 cm³/mol.